The van der Waals surface area contributed by atoms with Gasteiger partial charge in [-0.25, -0.2) is 8.37 Å². The highest BCUT2D eigenvalue weighted by atomic mass is 32.3. The zero-order valence-corrected chi connectivity index (χ0v) is 11.6. The van der Waals surface area contributed by atoms with Crippen LogP contribution in [0.3, 0.4) is 0 Å². The van der Waals surface area contributed by atoms with Crippen molar-refractivity contribution in [2.75, 3.05) is 13.7 Å². The van der Waals surface area contributed by atoms with Crippen molar-refractivity contribution in [3.8, 4) is 0 Å². The molecule has 0 aromatic heterocycles. The molecule has 0 bridgehead atoms. The van der Waals surface area contributed by atoms with Crippen molar-refractivity contribution >= 4 is 10.4 Å². The smallest absolute Gasteiger partial charge is 0.376 e. The molecule has 0 aromatic carbocycles. The predicted octanol–water partition coefficient (Wildman–Crippen LogP) is -0.462. The molecule has 0 unspecified atom stereocenters. The number of hydrogen-bond acceptors (Lipinski definition) is 8. The van der Waals surface area contributed by atoms with Crippen molar-refractivity contribution in [2.45, 2.75) is 50.3 Å². The summed E-state index contributed by atoms with van der Waals surface area (Å²) in [5.74, 6) is -0.754. The van der Waals surface area contributed by atoms with Gasteiger partial charge < -0.3 is 18.9 Å². The molecule has 0 radical (unpaired) electrons. The van der Waals surface area contributed by atoms with E-state index in [4.69, 9.17) is 23.1 Å². The Balaban J connectivity index is 1.76. The maximum atomic E-state index is 11.1. The summed E-state index contributed by atoms with van der Waals surface area (Å²) in [6, 6.07) is 0. The Kier molecular flexibility index (Phi) is 3.13. The second-order valence-corrected chi connectivity index (χ2v) is 6.34. The highest BCUT2D eigenvalue weighted by Crippen LogP contribution is 2.40. The minimum absolute atomic E-state index is 0.101. The first-order valence-electron chi connectivity index (χ1n) is 5.93. The molecule has 3 rings (SSSR count). The van der Waals surface area contributed by atoms with Gasteiger partial charge in [-0.1, -0.05) is 0 Å². The van der Waals surface area contributed by atoms with E-state index < -0.39 is 46.9 Å². The third kappa shape index (κ3) is 2.40. The summed E-state index contributed by atoms with van der Waals surface area (Å²) in [5.41, 5.74) is 0. The van der Waals surface area contributed by atoms with Crippen LogP contribution in [-0.4, -0.2) is 58.6 Å². The zero-order chi connectivity index (χ0) is 13.8. The lowest BCUT2D eigenvalue weighted by Crippen LogP contribution is -2.43. The average molecular weight is 296 g/mol. The molecule has 8 nitrogen and oxygen atoms in total. The normalized spacial score (nSPS) is 47.4. The van der Waals surface area contributed by atoms with Gasteiger partial charge in [-0.05, 0) is 13.8 Å². The van der Waals surface area contributed by atoms with Gasteiger partial charge in [-0.3, -0.25) is 0 Å². The standard InChI is InChI=1S/C10H16O8S/c1-10(2)16-8-7(13-3)6(15-9(8)17-10)5-4-14-19(11,12)18-5/h5-9H,4H2,1-3H3/t5-,6-,7+,8-,9-/m1/s1. The van der Waals surface area contributed by atoms with Gasteiger partial charge in [0.1, 0.15) is 24.4 Å². The Hall–Kier alpha value is -0.290. The van der Waals surface area contributed by atoms with Gasteiger partial charge in [0.05, 0.1) is 6.61 Å². The number of rotatable bonds is 2. The summed E-state index contributed by atoms with van der Waals surface area (Å²) in [4.78, 5) is 0. The summed E-state index contributed by atoms with van der Waals surface area (Å²) in [5, 5.41) is 0. The topological polar surface area (TPSA) is 89.5 Å². The second-order valence-electron chi connectivity index (χ2n) is 5.10. The first-order chi connectivity index (χ1) is 8.81. The highest BCUT2D eigenvalue weighted by molar-refractivity contribution is 7.82. The second kappa shape index (κ2) is 4.35. The summed E-state index contributed by atoms with van der Waals surface area (Å²) < 4.78 is 53.9. The molecule has 3 aliphatic rings. The minimum Gasteiger partial charge on any atom is -0.376 e. The third-order valence-corrected chi connectivity index (χ3v) is 4.19. The van der Waals surface area contributed by atoms with Crippen LogP contribution >= 0.6 is 0 Å². The van der Waals surface area contributed by atoms with Crippen LogP contribution in [0.2, 0.25) is 0 Å². The third-order valence-electron chi connectivity index (χ3n) is 3.28. The van der Waals surface area contributed by atoms with Gasteiger partial charge in [-0.2, -0.15) is 8.42 Å². The van der Waals surface area contributed by atoms with E-state index in [9.17, 15) is 8.42 Å². The van der Waals surface area contributed by atoms with E-state index in [1.54, 1.807) is 13.8 Å². The van der Waals surface area contributed by atoms with E-state index in [-0.39, 0.29) is 6.61 Å². The molecule has 0 aromatic rings. The fourth-order valence-electron chi connectivity index (χ4n) is 2.58. The van der Waals surface area contributed by atoms with Crippen molar-refractivity contribution in [3.05, 3.63) is 0 Å². The minimum atomic E-state index is -3.93. The molecule has 3 saturated heterocycles. The summed E-state index contributed by atoms with van der Waals surface area (Å²) >= 11 is 0. The molecule has 0 amide bonds. The van der Waals surface area contributed by atoms with Crippen LogP contribution in [0.1, 0.15) is 13.8 Å². The molecule has 5 atom stereocenters. The first kappa shape index (κ1) is 13.7. The van der Waals surface area contributed by atoms with Gasteiger partial charge in [0.25, 0.3) is 0 Å². The van der Waals surface area contributed by atoms with Crippen molar-refractivity contribution in [3.63, 3.8) is 0 Å². The lowest BCUT2D eigenvalue weighted by Gasteiger charge is -2.26. The van der Waals surface area contributed by atoms with Crippen molar-refractivity contribution in [2.24, 2.45) is 0 Å². The van der Waals surface area contributed by atoms with Crippen LogP contribution < -0.4 is 0 Å². The molecule has 3 aliphatic heterocycles. The van der Waals surface area contributed by atoms with E-state index in [2.05, 4.69) is 4.18 Å². The fraction of sp³-hybridized carbons (Fsp3) is 1.00. The number of hydrogen-bond donors (Lipinski definition) is 0. The summed E-state index contributed by atoms with van der Waals surface area (Å²) in [7, 11) is -2.43. The van der Waals surface area contributed by atoms with Gasteiger partial charge in [0.15, 0.2) is 12.1 Å². The van der Waals surface area contributed by atoms with Gasteiger partial charge in [0, 0.05) is 7.11 Å². The predicted molar refractivity (Wildman–Crippen MR) is 59.2 cm³/mol. The summed E-state index contributed by atoms with van der Waals surface area (Å²) in [6.45, 7) is 3.45. The van der Waals surface area contributed by atoms with Crippen LogP contribution in [-0.2, 0) is 37.7 Å². The van der Waals surface area contributed by atoms with Crippen LogP contribution in [0.5, 0.6) is 0 Å². The molecule has 19 heavy (non-hydrogen) atoms. The molecule has 3 fully saturated rings. The Morgan fingerprint density at radius 3 is 2.53 bits per heavy atom. The lowest BCUT2D eigenvalue weighted by atomic mass is 10.1. The van der Waals surface area contributed by atoms with E-state index in [1.807, 2.05) is 0 Å². The first-order valence-corrected chi connectivity index (χ1v) is 7.26. The molecule has 110 valence electrons. The van der Waals surface area contributed by atoms with Crippen LogP contribution in [0.25, 0.3) is 0 Å². The van der Waals surface area contributed by atoms with E-state index in [0.29, 0.717) is 0 Å². The van der Waals surface area contributed by atoms with E-state index in [0.717, 1.165) is 0 Å². The SMILES string of the molecule is CO[C@@H]1[C@H]2OC(C)(C)O[C@H]2O[C@@H]1[C@H]1COS(=O)(=O)O1. The van der Waals surface area contributed by atoms with Crippen LogP contribution in [0.4, 0.5) is 0 Å². The molecule has 0 aliphatic carbocycles. The molecular weight excluding hydrogens is 280 g/mol. The number of fused-ring (bicyclic) bond motifs is 1. The maximum absolute atomic E-state index is 11.1. The maximum Gasteiger partial charge on any atom is 0.400 e. The lowest BCUT2D eigenvalue weighted by molar-refractivity contribution is -0.225. The molecule has 0 saturated carbocycles. The van der Waals surface area contributed by atoms with Gasteiger partial charge in [-0.15, -0.1) is 0 Å². The Morgan fingerprint density at radius 2 is 1.95 bits per heavy atom. The monoisotopic (exact) mass is 296 g/mol. The van der Waals surface area contributed by atoms with E-state index in [1.165, 1.54) is 7.11 Å². The zero-order valence-electron chi connectivity index (χ0n) is 10.8. The highest BCUT2D eigenvalue weighted by Gasteiger charge is 2.58. The van der Waals surface area contributed by atoms with Gasteiger partial charge in [0.2, 0.25) is 0 Å². The largest absolute Gasteiger partial charge is 0.400 e. The van der Waals surface area contributed by atoms with Crippen LogP contribution in [0.15, 0.2) is 0 Å². The number of ether oxygens (including phenoxy) is 4. The van der Waals surface area contributed by atoms with E-state index >= 15 is 0 Å². The Morgan fingerprint density at radius 1 is 1.21 bits per heavy atom. The Bertz CT molecular complexity index is 460. The van der Waals surface area contributed by atoms with Crippen molar-refractivity contribution in [1.82, 2.24) is 0 Å². The average Bonchev–Trinajstić information content (AvgIpc) is 2.87. The number of methoxy groups -OCH3 is 1. The molecule has 9 heteroatoms. The molecule has 0 N–H and O–H groups in total. The molecule has 0 spiro atoms. The Labute approximate surface area is 111 Å². The molecule has 3 heterocycles. The van der Waals surface area contributed by atoms with Crippen molar-refractivity contribution in [1.29, 1.82) is 0 Å². The quantitative estimate of drug-likeness (QED) is 0.676. The summed E-state index contributed by atoms with van der Waals surface area (Å²) in [6.07, 6.45) is -2.87. The fourth-order valence-corrected chi connectivity index (χ4v) is 3.40. The van der Waals surface area contributed by atoms with Crippen LogP contribution in [0, 0.1) is 0 Å². The van der Waals surface area contributed by atoms with Crippen molar-refractivity contribution < 1.29 is 35.7 Å². The molecular formula is C10H16O8S. The van der Waals surface area contributed by atoms with Gasteiger partial charge >= 0.3 is 10.4 Å².